The van der Waals surface area contributed by atoms with Crippen molar-refractivity contribution in [2.24, 2.45) is 11.8 Å². The van der Waals surface area contributed by atoms with Gasteiger partial charge >= 0.3 is 5.97 Å². The summed E-state index contributed by atoms with van der Waals surface area (Å²) in [5.74, 6) is 5.02. The molecular formula is C22H28N6O6. The molecule has 2 aromatic rings. The SMILES string of the molecule is CCNC(=O)[C@H]1O[C@@H](n2cnc3c(N)nc(C#CCC4CCC(C(=O)O)CC4)nc32)C(O)[C@H]1O. The average molecular weight is 473 g/mol. The number of aliphatic carboxylic acids is 1. The molecule has 4 rings (SSSR count). The van der Waals surface area contributed by atoms with E-state index < -0.39 is 36.4 Å². The normalized spacial score (nSPS) is 28.9. The number of amides is 1. The Morgan fingerprint density at radius 1 is 1.24 bits per heavy atom. The lowest BCUT2D eigenvalue weighted by Crippen LogP contribution is -2.42. The number of nitrogens with two attached hydrogens (primary N) is 1. The molecule has 34 heavy (non-hydrogen) atoms. The second kappa shape index (κ2) is 9.92. The second-order valence-corrected chi connectivity index (χ2v) is 8.64. The van der Waals surface area contributed by atoms with Crippen molar-refractivity contribution in [1.29, 1.82) is 0 Å². The molecule has 2 fully saturated rings. The summed E-state index contributed by atoms with van der Waals surface area (Å²) >= 11 is 0. The summed E-state index contributed by atoms with van der Waals surface area (Å²) in [5.41, 5.74) is 6.57. The van der Waals surface area contributed by atoms with Crippen LogP contribution in [0.5, 0.6) is 0 Å². The zero-order valence-electron chi connectivity index (χ0n) is 18.7. The zero-order valence-corrected chi connectivity index (χ0v) is 18.7. The first-order valence-corrected chi connectivity index (χ1v) is 11.3. The molecule has 4 atom stereocenters. The molecule has 0 spiro atoms. The van der Waals surface area contributed by atoms with Crippen LogP contribution in [0, 0.1) is 23.7 Å². The van der Waals surface area contributed by atoms with Crippen LogP contribution in [0.4, 0.5) is 5.82 Å². The van der Waals surface area contributed by atoms with E-state index in [9.17, 15) is 19.8 Å². The first-order valence-electron chi connectivity index (χ1n) is 11.3. The third-order valence-corrected chi connectivity index (χ3v) is 6.36. The predicted octanol–water partition coefficient (Wildman–Crippen LogP) is -0.204. The van der Waals surface area contributed by atoms with Crippen molar-refractivity contribution in [1.82, 2.24) is 24.8 Å². The Morgan fingerprint density at radius 3 is 2.65 bits per heavy atom. The number of nitrogens with zero attached hydrogens (tertiary/aromatic N) is 4. The number of nitrogens with one attached hydrogen (secondary N) is 1. The van der Waals surface area contributed by atoms with Gasteiger partial charge in [-0.15, -0.1) is 0 Å². The van der Waals surface area contributed by atoms with Crippen molar-refractivity contribution >= 4 is 28.9 Å². The van der Waals surface area contributed by atoms with Gasteiger partial charge in [0.2, 0.25) is 5.82 Å². The molecule has 0 radical (unpaired) electrons. The summed E-state index contributed by atoms with van der Waals surface area (Å²) in [7, 11) is 0. The van der Waals surface area contributed by atoms with Gasteiger partial charge in [0.1, 0.15) is 17.7 Å². The van der Waals surface area contributed by atoms with Gasteiger partial charge in [0.15, 0.2) is 23.8 Å². The maximum Gasteiger partial charge on any atom is 0.306 e. The number of anilines is 1. The highest BCUT2D eigenvalue weighted by Gasteiger charge is 2.47. The number of aliphatic hydroxyl groups is 2. The van der Waals surface area contributed by atoms with Crippen molar-refractivity contribution in [2.45, 2.75) is 63.6 Å². The van der Waals surface area contributed by atoms with E-state index in [-0.39, 0.29) is 28.7 Å². The van der Waals surface area contributed by atoms with Crippen LogP contribution in [0.1, 0.15) is 51.1 Å². The van der Waals surface area contributed by atoms with Crippen molar-refractivity contribution in [2.75, 3.05) is 12.3 Å². The molecule has 0 bridgehead atoms. The summed E-state index contributed by atoms with van der Waals surface area (Å²) < 4.78 is 7.05. The van der Waals surface area contributed by atoms with Gasteiger partial charge in [-0.2, -0.15) is 0 Å². The first-order chi connectivity index (χ1) is 16.3. The highest BCUT2D eigenvalue weighted by atomic mass is 16.6. The largest absolute Gasteiger partial charge is 0.481 e. The summed E-state index contributed by atoms with van der Waals surface area (Å²) in [6.45, 7) is 2.09. The van der Waals surface area contributed by atoms with Crippen LogP contribution < -0.4 is 11.1 Å². The molecule has 12 heteroatoms. The highest BCUT2D eigenvalue weighted by molar-refractivity contribution is 5.83. The van der Waals surface area contributed by atoms with E-state index >= 15 is 0 Å². The molecule has 1 amide bonds. The number of aromatic nitrogens is 4. The Bertz CT molecular complexity index is 1130. The topological polar surface area (TPSA) is 186 Å². The maximum absolute atomic E-state index is 12.2. The quantitative estimate of drug-likeness (QED) is 0.365. The Labute approximate surface area is 195 Å². The Hall–Kier alpha value is -3.27. The summed E-state index contributed by atoms with van der Waals surface area (Å²) in [4.78, 5) is 36.0. The van der Waals surface area contributed by atoms with E-state index in [4.69, 9.17) is 15.6 Å². The van der Waals surface area contributed by atoms with Crippen molar-refractivity contribution in [3.8, 4) is 11.8 Å². The van der Waals surface area contributed by atoms with Crippen LogP contribution in [0.3, 0.4) is 0 Å². The first kappa shape index (κ1) is 23.9. The van der Waals surface area contributed by atoms with E-state index in [1.165, 1.54) is 10.9 Å². The summed E-state index contributed by atoms with van der Waals surface area (Å²) in [6, 6.07) is 0. The molecule has 3 heterocycles. The summed E-state index contributed by atoms with van der Waals surface area (Å²) in [6.07, 6.45) is -0.281. The zero-order chi connectivity index (χ0) is 24.4. The van der Waals surface area contributed by atoms with Gasteiger partial charge in [0, 0.05) is 13.0 Å². The number of carboxylic acid groups (broad SMARTS) is 1. The van der Waals surface area contributed by atoms with Gasteiger partial charge in [0.25, 0.3) is 5.91 Å². The number of carbonyl (C=O) groups is 2. The van der Waals surface area contributed by atoms with Crippen LogP contribution in [0.25, 0.3) is 11.2 Å². The Kier molecular flexibility index (Phi) is 6.97. The lowest BCUT2D eigenvalue weighted by atomic mass is 9.81. The van der Waals surface area contributed by atoms with Crippen molar-refractivity contribution in [3.63, 3.8) is 0 Å². The highest BCUT2D eigenvalue weighted by Crippen LogP contribution is 2.33. The number of carboxylic acids is 1. The molecule has 1 aliphatic heterocycles. The molecule has 1 aliphatic carbocycles. The Morgan fingerprint density at radius 2 is 1.97 bits per heavy atom. The molecule has 1 unspecified atom stereocenters. The van der Waals surface area contributed by atoms with E-state index in [1.807, 2.05) is 0 Å². The minimum absolute atomic E-state index is 0.100. The van der Waals surface area contributed by atoms with E-state index in [1.54, 1.807) is 6.92 Å². The molecule has 6 N–H and O–H groups in total. The number of aliphatic hydroxyl groups excluding tert-OH is 2. The molecule has 12 nitrogen and oxygen atoms in total. The number of imidazole rings is 1. The van der Waals surface area contributed by atoms with Crippen LogP contribution in [-0.4, -0.2) is 71.6 Å². The molecule has 1 saturated carbocycles. The van der Waals surface area contributed by atoms with E-state index in [0.717, 1.165) is 12.8 Å². The lowest BCUT2D eigenvalue weighted by Gasteiger charge is -2.24. The fraction of sp³-hybridized carbons (Fsp3) is 0.591. The van der Waals surface area contributed by atoms with Crippen molar-refractivity contribution in [3.05, 3.63) is 12.2 Å². The minimum atomic E-state index is -1.43. The fourth-order valence-electron chi connectivity index (χ4n) is 4.45. The van der Waals surface area contributed by atoms with E-state index in [2.05, 4.69) is 32.1 Å². The van der Waals surface area contributed by atoms with E-state index in [0.29, 0.717) is 31.7 Å². The Balaban J connectivity index is 1.52. The van der Waals surface area contributed by atoms with Crippen LogP contribution in [-0.2, 0) is 14.3 Å². The van der Waals surface area contributed by atoms with Gasteiger partial charge in [-0.1, -0.05) is 5.92 Å². The molecular weight excluding hydrogens is 444 g/mol. The standard InChI is InChI=1S/C22H28N6O6/c1-2-24-20(31)17-15(29)16(30)21(34-17)28-10-25-14-18(23)26-13(27-19(14)28)5-3-4-11-6-8-12(9-7-11)22(32)33/h10-12,15-17,21,29-30H,2,4,6-9H2,1H3,(H,24,31)(H,32,33)(H2,23,26,27)/t11?,12?,15-,16?,17+,21-/m1/s1. The van der Waals surface area contributed by atoms with Crippen molar-refractivity contribution < 1.29 is 29.6 Å². The monoisotopic (exact) mass is 472 g/mol. The average Bonchev–Trinajstić information content (AvgIpc) is 3.36. The number of ether oxygens (including phenoxy) is 1. The number of rotatable bonds is 5. The summed E-state index contributed by atoms with van der Waals surface area (Å²) in [5, 5.41) is 32.5. The second-order valence-electron chi connectivity index (χ2n) is 8.64. The molecule has 1 saturated heterocycles. The van der Waals surface area contributed by atoms with Crippen LogP contribution in [0.15, 0.2) is 6.33 Å². The van der Waals surface area contributed by atoms with Crippen LogP contribution >= 0.6 is 0 Å². The van der Waals surface area contributed by atoms with Gasteiger partial charge in [-0.05, 0) is 44.4 Å². The number of nitrogen functional groups attached to an aromatic ring is 1. The number of likely N-dealkylation sites (N-methyl/N-ethyl adjacent to an activating group) is 1. The number of carbonyl (C=O) groups excluding carboxylic acids is 1. The third kappa shape index (κ3) is 4.68. The van der Waals surface area contributed by atoms with Gasteiger partial charge < -0.3 is 31.1 Å². The smallest absolute Gasteiger partial charge is 0.306 e. The van der Waals surface area contributed by atoms with Gasteiger partial charge in [0.05, 0.1) is 12.2 Å². The lowest BCUT2D eigenvalue weighted by molar-refractivity contribution is -0.143. The third-order valence-electron chi connectivity index (χ3n) is 6.36. The van der Waals surface area contributed by atoms with Crippen LogP contribution in [0.2, 0.25) is 0 Å². The van der Waals surface area contributed by atoms with Gasteiger partial charge in [-0.25, -0.2) is 15.0 Å². The number of hydrogen-bond acceptors (Lipinski definition) is 9. The molecule has 2 aromatic heterocycles. The minimum Gasteiger partial charge on any atom is -0.481 e. The maximum atomic E-state index is 12.2. The molecule has 2 aliphatic rings. The van der Waals surface area contributed by atoms with Gasteiger partial charge in [-0.3, -0.25) is 14.2 Å². The number of fused-ring (bicyclic) bond motifs is 1. The number of hydrogen-bond donors (Lipinski definition) is 5. The predicted molar refractivity (Wildman–Crippen MR) is 119 cm³/mol. The fourth-order valence-corrected chi connectivity index (χ4v) is 4.45. The molecule has 0 aromatic carbocycles. The molecule has 182 valence electrons.